The molecule has 0 N–H and O–H groups in total. The van der Waals surface area contributed by atoms with E-state index in [0.717, 1.165) is 4.57 Å². The Balaban J connectivity index is 2.64. The van der Waals surface area contributed by atoms with Gasteiger partial charge in [0.05, 0.1) is 6.54 Å². The highest BCUT2D eigenvalue weighted by Crippen LogP contribution is 2.13. The zero-order valence-corrected chi connectivity index (χ0v) is 6.67. The van der Waals surface area contributed by atoms with Crippen LogP contribution < -0.4 is 4.57 Å². The zero-order chi connectivity index (χ0) is 9.19. The summed E-state index contributed by atoms with van der Waals surface area (Å²) in [5.41, 5.74) is 0. The van der Waals surface area contributed by atoms with E-state index in [-0.39, 0.29) is 0 Å². The van der Waals surface area contributed by atoms with Gasteiger partial charge in [-0.05, 0) is 6.92 Å². The van der Waals surface area contributed by atoms with Gasteiger partial charge >= 0.3 is 6.18 Å². The molecule has 0 spiro atoms. The van der Waals surface area contributed by atoms with E-state index in [2.05, 4.69) is 0 Å². The van der Waals surface area contributed by atoms with E-state index in [1.807, 2.05) is 6.92 Å². The molecule has 0 aliphatic heterocycles. The Morgan fingerprint density at radius 2 is 2.08 bits per heavy atom. The van der Waals surface area contributed by atoms with Gasteiger partial charge in [-0.2, -0.15) is 13.2 Å². The van der Waals surface area contributed by atoms with Crippen molar-refractivity contribution in [1.29, 1.82) is 0 Å². The topological polar surface area (TPSA) is 8.81 Å². The lowest BCUT2D eigenvalue weighted by Crippen LogP contribution is -2.39. The van der Waals surface area contributed by atoms with Gasteiger partial charge in [0, 0.05) is 0 Å². The van der Waals surface area contributed by atoms with Gasteiger partial charge in [-0.3, -0.25) is 0 Å². The van der Waals surface area contributed by atoms with Gasteiger partial charge in [0.15, 0.2) is 6.54 Å². The molecule has 12 heavy (non-hydrogen) atoms. The Morgan fingerprint density at radius 1 is 1.42 bits per heavy atom. The number of alkyl halides is 3. The van der Waals surface area contributed by atoms with Crippen molar-refractivity contribution in [2.24, 2.45) is 0 Å². The number of imidazole rings is 1. The summed E-state index contributed by atoms with van der Waals surface area (Å²) >= 11 is 0. The van der Waals surface area contributed by atoms with Crippen molar-refractivity contribution in [3.8, 4) is 0 Å². The molecular formula is C7H10F3N2+. The van der Waals surface area contributed by atoms with Crippen LogP contribution in [-0.2, 0) is 13.1 Å². The quantitative estimate of drug-likeness (QED) is 0.606. The number of nitrogens with zero attached hydrogens (tertiary/aromatic N) is 2. The predicted octanol–water partition coefficient (Wildman–Crippen LogP) is 1.36. The first-order chi connectivity index (χ1) is 5.51. The summed E-state index contributed by atoms with van der Waals surface area (Å²) in [4.78, 5) is 0. The van der Waals surface area contributed by atoms with Crippen LogP contribution in [0.4, 0.5) is 13.2 Å². The summed E-state index contributed by atoms with van der Waals surface area (Å²) < 4.78 is 38.3. The van der Waals surface area contributed by atoms with Crippen molar-refractivity contribution in [2.75, 3.05) is 0 Å². The van der Waals surface area contributed by atoms with Crippen molar-refractivity contribution < 1.29 is 17.7 Å². The monoisotopic (exact) mass is 179 g/mol. The molecule has 0 atom stereocenters. The van der Waals surface area contributed by atoms with Gasteiger partial charge in [0.25, 0.3) is 0 Å². The highest BCUT2D eigenvalue weighted by Gasteiger charge is 2.30. The third-order valence-corrected chi connectivity index (χ3v) is 1.47. The molecule has 0 unspecified atom stereocenters. The summed E-state index contributed by atoms with van der Waals surface area (Å²) in [7, 11) is 0. The molecule has 0 aromatic carbocycles. The largest absolute Gasteiger partial charge is 0.426 e. The molecule has 1 rings (SSSR count). The Hall–Kier alpha value is -1.00. The molecule has 68 valence electrons. The number of aromatic nitrogens is 2. The third kappa shape index (κ3) is 2.56. The van der Waals surface area contributed by atoms with Crippen LogP contribution in [0.1, 0.15) is 6.92 Å². The van der Waals surface area contributed by atoms with Crippen LogP contribution in [-0.4, -0.2) is 10.7 Å². The fourth-order valence-electron chi connectivity index (χ4n) is 0.926. The van der Waals surface area contributed by atoms with Crippen LogP contribution in [0.25, 0.3) is 0 Å². The lowest BCUT2D eigenvalue weighted by molar-refractivity contribution is -0.718. The Morgan fingerprint density at radius 3 is 2.50 bits per heavy atom. The highest BCUT2D eigenvalue weighted by molar-refractivity contribution is 4.64. The summed E-state index contributed by atoms with van der Waals surface area (Å²) in [6, 6.07) is 0. The molecule has 0 fully saturated rings. The Kier molecular flexibility index (Phi) is 2.40. The molecule has 1 heterocycles. The van der Waals surface area contributed by atoms with E-state index in [1.54, 1.807) is 10.8 Å². The fourth-order valence-corrected chi connectivity index (χ4v) is 0.926. The smallest absolute Gasteiger partial charge is 0.237 e. The predicted molar refractivity (Wildman–Crippen MR) is 36.4 cm³/mol. The van der Waals surface area contributed by atoms with Crippen LogP contribution in [0.2, 0.25) is 0 Å². The lowest BCUT2D eigenvalue weighted by atomic mass is 10.6. The SMILES string of the molecule is CCn1cc[n+](CC(F)(F)F)c1. The van der Waals surface area contributed by atoms with Gasteiger partial charge < -0.3 is 0 Å². The van der Waals surface area contributed by atoms with Crippen molar-refractivity contribution >= 4 is 0 Å². The second-order valence-corrected chi connectivity index (χ2v) is 2.53. The molecule has 0 aliphatic rings. The molecule has 0 amide bonds. The molecule has 0 saturated carbocycles. The Labute approximate surface area is 68.2 Å². The number of halogens is 3. The summed E-state index contributed by atoms with van der Waals surface area (Å²) in [5, 5.41) is 0. The van der Waals surface area contributed by atoms with Crippen molar-refractivity contribution in [3.05, 3.63) is 18.7 Å². The first kappa shape index (κ1) is 9.09. The standard InChI is InChI=1S/C7H10F3N2/c1-2-11-3-4-12(6-11)5-7(8,9)10/h3-4,6H,2,5H2,1H3/q+1. The van der Waals surface area contributed by atoms with Crippen LogP contribution in [0.15, 0.2) is 18.7 Å². The Bertz CT molecular complexity index is 251. The first-order valence-corrected chi connectivity index (χ1v) is 3.63. The number of hydrogen-bond acceptors (Lipinski definition) is 0. The van der Waals surface area contributed by atoms with E-state index in [0.29, 0.717) is 6.54 Å². The van der Waals surface area contributed by atoms with Crippen LogP contribution in [0, 0.1) is 0 Å². The first-order valence-electron chi connectivity index (χ1n) is 3.63. The minimum atomic E-state index is -4.13. The fraction of sp³-hybridized carbons (Fsp3) is 0.571. The molecule has 0 saturated heterocycles. The van der Waals surface area contributed by atoms with Crippen molar-refractivity contribution in [3.63, 3.8) is 0 Å². The molecule has 0 aliphatic carbocycles. The van der Waals surface area contributed by atoms with Gasteiger partial charge in [0.2, 0.25) is 6.33 Å². The van der Waals surface area contributed by atoms with Crippen LogP contribution >= 0.6 is 0 Å². The van der Waals surface area contributed by atoms with Crippen LogP contribution in [0.3, 0.4) is 0 Å². The number of hydrogen-bond donors (Lipinski definition) is 0. The molecule has 1 aromatic rings. The normalized spacial score (nSPS) is 12.0. The van der Waals surface area contributed by atoms with E-state index < -0.39 is 12.7 Å². The van der Waals surface area contributed by atoms with Gasteiger partial charge in [-0.1, -0.05) is 0 Å². The summed E-state index contributed by atoms with van der Waals surface area (Å²) in [5.74, 6) is 0. The molecule has 1 aromatic heterocycles. The van der Waals surface area contributed by atoms with E-state index in [4.69, 9.17) is 0 Å². The zero-order valence-electron chi connectivity index (χ0n) is 6.67. The van der Waals surface area contributed by atoms with Crippen molar-refractivity contribution in [2.45, 2.75) is 26.2 Å². The minimum Gasteiger partial charge on any atom is -0.237 e. The maximum Gasteiger partial charge on any atom is 0.426 e. The second kappa shape index (κ2) is 3.16. The second-order valence-electron chi connectivity index (χ2n) is 2.53. The molecule has 2 nitrogen and oxygen atoms in total. The molecular weight excluding hydrogens is 169 g/mol. The average Bonchev–Trinajstić information content (AvgIpc) is 2.32. The number of rotatable bonds is 2. The summed E-state index contributed by atoms with van der Waals surface area (Å²) in [6.07, 6.45) is 0.334. The highest BCUT2D eigenvalue weighted by atomic mass is 19.4. The maximum atomic E-state index is 11.8. The van der Waals surface area contributed by atoms with Crippen molar-refractivity contribution in [1.82, 2.24) is 4.57 Å². The molecule has 0 bridgehead atoms. The van der Waals surface area contributed by atoms with Gasteiger partial charge in [-0.25, -0.2) is 9.13 Å². The molecule has 0 radical (unpaired) electrons. The van der Waals surface area contributed by atoms with Gasteiger partial charge in [0.1, 0.15) is 12.4 Å². The number of aryl methyl sites for hydroxylation is 1. The lowest BCUT2D eigenvalue weighted by Gasteiger charge is -2.00. The molecule has 5 heteroatoms. The summed E-state index contributed by atoms with van der Waals surface area (Å²) in [6.45, 7) is 1.64. The maximum absolute atomic E-state index is 11.8. The third-order valence-electron chi connectivity index (χ3n) is 1.47. The van der Waals surface area contributed by atoms with E-state index >= 15 is 0 Å². The van der Waals surface area contributed by atoms with Crippen LogP contribution in [0.5, 0.6) is 0 Å². The average molecular weight is 179 g/mol. The van der Waals surface area contributed by atoms with E-state index in [1.165, 1.54) is 12.5 Å². The minimum absolute atomic E-state index is 0.685. The van der Waals surface area contributed by atoms with E-state index in [9.17, 15) is 13.2 Å². The van der Waals surface area contributed by atoms with Gasteiger partial charge in [-0.15, -0.1) is 0 Å².